The van der Waals surface area contributed by atoms with Crippen LogP contribution in [0.4, 0.5) is 4.39 Å². The lowest BCUT2D eigenvalue weighted by Crippen LogP contribution is -2.22. The van der Waals surface area contributed by atoms with Gasteiger partial charge < -0.3 is 4.74 Å². The van der Waals surface area contributed by atoms with Crippen molar-refractivity contribution in [1.82, 2.24) is 20.0 Å². The lowest BCUT2D eigenvalue weighted by atomic mass is 10.3. The molecule has 28 heavy (non-hydrogen) atoms. The largest absolute Gasteiger partial charge is 0.471 e. The van der Waals surface area contributed by atoms with Crippen LogP contribution in [0.5, 0.6) is 5.88 Å². The molecule has 150 valence electrons. The van der Waals surface area contributed by atoms with Gasteiger partial charge >= 0.3 is 5.76 Å². The minimum atomic E-state index is -3.66. The fourth-order valence-corrected chi connectivity index (χ4v) is 3.06. The standard InChI is InChI=1S/C14H13ClFN5O6S/c1-7(4-5-28(17,23)24)25-13-11(18-27-20-13)12-19-26-14(22)21(12)8-2-3-10(16)9(15)6-8/h2-3,6-7H,4-5H2,1H3,(H2,17,23,24). The number of primary sulfonamides is 1. The van der Waals surface area contributed by atoms with E-state index in [0.29, 0.717) is 0 Å². The average molecular weight is 434 g/mol. The Balaban J connectivity index is 1.93. The molecule has 1 unspecified atom stereocenters. The van der Waals surface area contributed by atoms with Crippen molar-refractivity contribution in [2.45, 2.75) is 19.4 Å². The van der Waals surface area contributed by atoms with Crippen LogP contribution in [0.25, 0.3) is 17.2 Å². The molecule has 0 aliphatic carbocycles. The summed E-state index contributed by atoms with van der Waals surface area (Å²) in [6.07, 6.45) is -0.555. The normalized spacial score (nSPS) is 12.9. The second-order valence-corrected chi connectivity index (χ2v) is 7.85. The number of halogens is 2. The number of benzene rings is 1. The second kappa shape index (κ2) is 7.69. The van der Waals surface area contributed by atoms with Crippen LogP contribution >= 0.6 is 11.6 Å². The molecule has 0 spiro atoms. The van der Waals surface area contributed by atoms with E-state index in [9.17, 15) is 17.6 Å². The molecule has 3 rings (SSSR count). The lowest BCUT2D eigenvalue weighted by molar-refractivity contribution is 0.192. The van der Waals surface area contributed by atoms with Crippen LogP contribution in [0, 0.1) is 5.82 Å². The maximum atomic E-state index is 13.4. The highest BCUT2D eigenvalue weighted by Crippen LogP contribution is 2.28. The van der Waals surface area contributed by atoms with Crippen molar-refractivity contribution in [3.05, 3.63) is 39.6 Å². The first-order chi connectivity index (χ1) is 13.2. The van der Waals surface area contributed by atoms with Gasteiger partial charge in [0.1, 0.15) is 5.82 Å². The second-order valence-electron chi connectivity index (χ2n) is 5.71. The van der Waals surface area contributed by atoms with Gasteiger partial charge in [0.15, 0.2) is 0 Å². The summed E-state index contributed by atoms with van der Waals surface area (Å²) in [5.74, 6) is -2.17. The molecule has 0 fully saturated rings. The third-order valence-electron chi connectivity index (χ3n) is 3.56. The Bertz CT molecular complexity index is 1160. The average Bonchev–Trinajstić information content (AvgIpc) is 3.21. The maximum Gasteiger partial charge on any atom is 0.446 e. The summed E-state index contributed by atoms with van der Waals surface area (Å²) in [5, 5.41) is 15.6. The molecule has 0 radical (unpaired) electrons. The van der Waals surface area contributed by atoms with Gasteiger partial charge in [-0.15, -0.1) is 0 Å². The third kappa shape index (κ3) is 4.37. The van der Waals surface area contributed by atoms with E-state index in [4.69, 9.17) is 21.5 Å². The van der Waals surface area contributed by atoms with E-state index in [0.717, 1.165) is 10.6 Å². The number of sulfonamides is 1. The maximum absolute atomic E-state index is 13.4. The van der Waals surface area contributed by atoms with Gasteiger partial charge in [0.25, 0.3) is 5.88 Å². The summed E-state index contributed by atoms with van der Waals surface area (Å²) < 4.78 is 51.3. The topological polar surface area (TPSA) is 156 Å². The summed E-state index contributed by atoms with van der Waals surface area (Å²) in [6, 6.07) is 3.54. The molecule has 3 aromatic rings. The highest BCUT2D eigenvalue weighted by molar-refractivity contribution is 7.89. The zero-order valence-corrected chi connectivity index (χ0v) is 15.8. The number of ether oxygens (including phenoxy) is 1. The van der Waals surface area contributed by atoms with Crippen molar-refractivity contribution >= 4 is 21.6 Å². The fraction of sp³-hybridized carbons (Fsp3) is 0.286. The molecule has 2 heterocycles. The number of nitrogens with zero attached hydrogens (tertiary/aromatic N) is 4. The smallest absolute Gasteiger partial charge is 0.446 e. The summed E-state index contributed by atoms with van der Waals surface area (Å²) in [6.45, 7) is 1.58. The molecule has 1 aromatic carbocycles. The first-order valence-corrected chi connectivity index (χ1v) is 9.79. The van der Waals surface area contributed by atoms with Crippen molar-refractivity contribution in [2.75, 3.05) is 5.75 Å². The van der Waals surface area contributed by atoms with Crippen molar-refractivity contribution in [1.29, 1.82) is 0 Å². The highest BCUT2D eigenvalue weighted by Gasteiger charge is 2.25. The van der Waals surface area contributed by atoms with E-state index in [2.05, 4.69) is 24.6 Å². The van der Waals surface area contributed by atoms with Gasteiger partial charge in [0, 0.05) is 0 Å². The zero-order valence-electron chi connectivity index (χ0n) is 14.2. The summed E-state index contributed by atoms with van der Waals surface area (Å²) in [4.78, 5) is 12.1. The Hall–Kier alpha value is -2.77. The van der Waals surface area contributed by atoms with Crippen LogP contribution in [-0.4, -0.2) is 40.3 Å². The molecule has 0 amide bonds. The molecule has 0 aliphatic heterocycles. The van der Waals surface area contributed by atoms with Gasteiger partial charge in [0.2, 0.25) is 21.5 Å². The molecule has 2 N–H and O–H groups in total. The number of aromatic nitrogens is 4. The highest BCUT2D eigenvalue weighted by atomic mass is 35.5. The van der Waals surface area contributed by atoms with Crippen molar-refractivity contribution in [3.8, 4) is 23.1 Å². The number of hydrogen-bond acceptors (Lipinski definition) is 9. The zero-order chi connectivity index (χ0) is 20.5. The molecule has 0 saturated heterocycles. The van der Waals surface area contributed by atoms with Crippen LogP contribution < -0.4 is 15.6 Å². The summed E-state index contributed by atoms with van der Waals surface area (Å²) in [5.41, 5.74) is 0.0672. The predicted octanol–water partition coefficient (Wildman–Crippen LogP) is 1.11. The SMILES string of the molecule is CC(CCS(N)(=O)=O)Oc1nonc1-c1noc(=O)n1-c1ccc(F)c(Cl)c1. The van der Waals surface area contributed by atoms with Gasteiger partial charge in [-0.25, -0.2) is 31.9 Å². The van der Waals surface area contributed by atoms with Crippen molar-refractivity contribution in [3.63, 3.8) is 0 Å². The van der Waals surface area contributed by atoms with Gasteiger partial charge in [0.05, 0.1) is 22.6 Å². The Kier molecular flexibility index (Phi) is 5.49. The fourth-order valence-electron chi connectivity index (χ4n) is 2.23. The van der Waals surface area contributed by atoms with E-state index < -0.39 is 27.7 Å². The summed E-state index contributed by atoms with van der Waals surface area (Å²) in [7, 11) is -3.66. The lowest BCUT2D eigenvalue weighted by Gasteiger charge is -2.11. The van der Waals surface area contributed by atoms with Gasteiger partial charge in [-0.2, -0.15) is 0 Å². The summed E-state index contributed by atoms with van der Waals surface area (Å²) >= 11 is 5.76. The molecule has 14 heteroatoms. The molecular weight excluding hydrogens is 421 g/mol. The molecule has 1 atom stereocenters. The van der Waals surface area contributed by atoms with E-state index in [1.54, 1.807) is 6.92 Å². The van der Waals surface area contributed by atoms with Crippen molar-refractivity contribution < 1.29 is 26.7 Å². The van der Waals surface area contributed by atoms with Crippen molar-refractivity contribution in [2.24, 2.45) is 5.14 Å². The minimum Gasteiger partial charge on any atom is -0.471 e. The Morgan fingerprint density at radius 1 is 1.36 bits per heavy atom. The van der Waals surface area contributed by atoms with Gasteiger partial charge in [-0.05, 0) is 41.9 Å². The number of nitrogens with two attached hydrogens (primary N) is 1. The van der Waals surface area contributed by atoms with Gasteiger partial charge in [-0.3, -0.25) is 4.52 Å². The van der Waals surface area contributed by atoms with E-state index in [1.165, 1.54) is 12.1 Å². The number of hydrogen-bond donors (Lipinski definition) is 1. The van der Waals surface area contributed by atoms with Crippen LogP contribution in [0.15, 0.2) is 32.1 Å². The quantitative estimate of drug-likeness (QED) is 0.576. The van der Waals surface area contributed by atoms with Crippen LogP contribution in [-0.2, 0) is 10.0 Å². The Labute approximate surface area is 161 Å². The Morgan fingerprint density at radius 2 is 2.11 bits per heavy atom. The molecule has 11 nitrogen and oxygen atoms in total. The molecule has 0 aliphatic rings. The van der Waals surface area contributed by atoms with Gasteiger partial charge in [-0.1, -0.05) is 16.8 Å². The van der Waals surface area contributed by atoms with Crippen LogP contribution in [0.2, 0.25) is 5.02 Å². The van der Waals surface area contributed by atoms with E-state index in [1.807, 2.05) is 0 Å². The monoisotopic (exact) mass is 433 g/mol. The third-order valence-corrected chi connectivity index (χ3v) is 4.65. The minimum absolute atomic E-state index is 0.0737. The Morgan fingerprint density at radius 3 is 2.79 bits per heavy atom. The van der Waals surface area contributed by atoms with Crippen LogP contribution in [0.1, 0.15) is 13.3 Å². The molecular formula is C14H13ClFN5O6S. The van der Waals surface area contributed by atoms with E-state index in [-0.39, 0.29) is 40.3 Å². The first kappa shape index (κ1) is 20.0. The predicted molar refractivity (Wildman–Crippen MR) is 93.0 cm³/mol. The molecule has 0 bridgehead atoms. The van der Waals surface area contributed by atoms with Crippen LogP contribution in [0.3, 0.4) is 0 Å². The molecule has 2 aromatic heterocycles. The van der Waals surface area contributed by atoms with E-state index >= 15 is 0 Å². The molecule has 0 saturated carbocycles. The first-order valence-electron chi connectivity index (χ1n) is 7.70. The number of rotatable bonds is 7.